The monoisotopic (exact) mass is 356 g/mol. The number of hydrogen-bond donors (Lipinski definition) is 0. The molecule has 1 atom stereocenters. The van der Waals surface area contributed by atoms with Crippen LogP contribution in [0.25, 0.3) is 0 Å². The smallest absolute Gasteiger partial charge is 0.240 e. The molecule has 4 nitrogen and oxygen atoms in total. The highest BCUT2D eigenvalue weighted by atomic mass is 35.5. The van der Waals surface area contributed by atoms with Crippen molar-refractivity contribution in [1.29, 1.82) is 0 Å². The van der Waals surface area contributed by atoms with Gasteiger partial charge < -0.3 is 4.90 Å². The van der Waals surface area contributed by atoms with Crippen molar-refractivity contribution < 1.29 is 14.0 Å². The second kappa shape index (κ2) is 6.32. The predicted octanol–water partition coefficient (Wildman–Crippen LogP) is 2.85. The van der Waals surface area contributed by atoms with Crippen LogP contribution in [0.3, 0.4) is 0 Å². The number of nitrogens with zero attached hydrogens (tertiary/aromatic N) is 2. The van der Waals surface area contributed by atoms with Gasteiger partial charge in [0.1, 0.15) is 11.2 Å². The Hall–Kier alpha value is -1.27. The molecule has 0 aliphatic carbocycles. The number of rotatable bonds is 2. The van der Waals surface area contributed by atoms with Crippen LogP contribution in [0.5, 0.6) is 0 Å². The molecule has 2 aliphatic rings. The van der Waals surface area contributed by atoms with Gasteiger partial charge in [0, 0.05) is 18.8 Å². The summed E-state index contributed by atoms with van der Waals surface area (Å²) in [6, 6.07) is 6.01. The molecule has 0 radical (unpaired) electrons. The van der Waals surface area contributed by atoms with Crippen LogP contribution in [0, 0.1) is 5.82 Å². The minimum atomic E-state index is -0.532. The largest absolute Gasteiger partial charge is 0.341 e. The number of likely N-dealkylation sites (tertiary alicyclic amines) is 1. The van der Waals surface area contributed by atoms with Gasteiger partial charge in [-0.1, -0.05) is 0 Å². The van der Waals surface area contributed by atoms with Crippen molar-refractivity contribution in [2.24, 2.45) is 0 Å². The van der Waals surface area contributed by atoms with Crippen LogP contribution in [0.15, 0.2) is 24.3 Å². The molecule has 1 unspecified atom stereocenters. The number of halogens is 2. The van der Waals surface area contributed by atoms with E-state index in [0.29, 0.717) is 37.4 Å². The van der Waals surface area contributed by atoms with E-state index in [1.807, 2.05) is 0 Å². The van der Waals surface area contributed by atoms with Gasteiger partial charge in [0.05, 0.1) is 10.6 Å². The molecule has 2 amide bonds. The molecule has 3 rings (SSSR count). The summed E-state index contributed by atoms with van der Waals surface area (Å²) < 4.78 is 13.2. The molecular formula is C16H18ClFN2O2S. The summed E-state index contributed by atoms with van der Waals surface area (Å²) in [6.45, 7) is 2.83. The minimum absolute atomic E-state index is 0.0343. The zero-order valence-electron chi connectivity index (χ0n) is 12.8. The fourth-order valence-corrected chi connectivity index (χ4v) is 4.68. The van der Waals surface area contributed by atoms with E-state index in [0.717, 1.165) is 0 Å². The first-order chi connectivity index (χ1) is 10.9. The Bertz CT molecular complexity index is 615. The molecule has 2 aliphatic heterocycles. The van der Waals surface area contributed by atoms with Gasteiger partial charge in [0.15, 0.2) is 0 Å². The number of thioether (sulfide) groups is 1. The highest BCUT2D eigenvalue weighted by molar-refractivity contribution is 8.02. The first-order valence-electron chi connectivity index (χ1n) is 7.58. The lowest BCUT2D eigenvalue weighted by molar-refractivity contribution is -0.131. The van der Waals surface area contributed by atoms with E-state index in [-0.39, 0.29) is 22.5 Å². The number of benzene rings is 1. The van der Waals surface area contributed by atoms with Gasteiger partial charge in [-0.2, -0.15) is 0 Å². The Morgan fingerprint density at radius 3 is 2.48 bits per heavy atom. The molecular weight excluding hydrogens is 339 g/mol. The molecule has 1 aromatic carbocycles. The lowest BCUT2D eigenvalue weighted by atomic mass is 10.0. The summed E-state index contributed by atoms with van der Waals surface area (Å²) in [5.74, 6) is 0.0620. The third-order valence-corrected chi connectivity index (χ3v) is 6.11. The van der Waals surface area contributed by atoms with Gasteiger partial charge in [0.2, 0.25) is 11.8 Å². The van der Waals surface area contributed by atoms with E-state index >= 15 is 0 Å². The van der Waals surface area contributed by atoms with Crippen molar-refractivity contribution in [3.8, 4) is 0 Å². The lowest BCUT2D eigenvalue weighted by Crippen LogP contribution is -2.54. The van der Waals surface area contributed by atoms with E-state index < -0.39 is 5.38 Å². The quantitative estimate of drug-likeness (QED) is 0.765. The van der Waals surface area contributed by atoms with E-state index in [1.54, 1.807) is 40.6 Å². The third-order valence-electron chi connectivity index (χ3n) is 4.40. The van der Waals surface area contributed by atoms with Crippen LogP contribution in [0.1, 0.15) is 19.8 Å². The predicted molar refractivity (Wildman–Crippen MR) is 90.2 cm³/mol. The lowest BCUT2D eigenvalue weighted by Gasteiger charge is -2.44. The highest BCUT2D eigenvalue weighted by Crippen LogP contribution is 2.46. The van der Waals surface area contributed by atoms with Gasteiger partial charge >= 0.3 is 0 Å². The van der Waals surface area contributed by atoms with Crippen LogP contribution >= 0.6 is 23.4 Å². The summed E-state index contributed by atoms with van der Waals surface area (Å²) >= 11 is 7.49. The maximum absolute atomic E-state index is 13.2. The average Bonchev–Trinajstić information content (AvgIpc) is 2.85. The summed E-state index contributed by atoms with van der Waals surface area (Å²) in [6.07, 6.45) is 1.38. The normalized spacial score (nSPS) is 21.8. The van der Waals surface area contributed by atoms with E-state index in [4.69, 9.17) is 11.6 Å². The molecule has 0 aromatic heterocycles. The number of hydrogen-bond acceptors (Lipinski definition) is 3. The average molecular weight is 357 g/mol. The summed E-state index contributed by atoms with van der Waals surface area (Å²) in [5.41, 5.74) is 0.715. The molecule has 7 heteroatoms. The Balaban J connectivity index is 1.80. The van der Waals surface area contributed by atoms with Crippen molar-refractivity contribution in [1.82, 2.24) is 4.90 Å². The topological polar surface area (TPSA) is 40.6 Å². The number of piperidine rings is 1. The maximum atomic E-state index is 13.2. The molecule has 0 saturated carbocycles. The summed E-state index contributed by atoms with van der Waals surface area (Å²) in [5, 5.41) is -0.532. The molecule has 2 heterocycles. The van der Waals surface area contributed by atoms with Gasteiger partial charge in [-0.25, -0.2) is 4.39 Å². The molecule has 0 bridgehead atoms. The number of amides is 2. The van der Waals surface area contributed by atoms with Crippen LogP contribution in [0.2, 0.25) is 0 Å². The van der Waals surface area contributed by atoms with Crippen LogP contribution in [-0.4, -0.2) is 45.8 Å². The Morgan fingerprint density at radius 1 is 1.30 bits per heavy atom. The second-order valence-corrected chi connectivity index (χ2v) is 7.87. The molecule has 23 heavy (non-hydrogen) atoms. The maximum Gasteiger partial charge on any atom is 0.240 e. The van der Waals surface area contributed by atoms with Crippen LogP contribution in [0.4, 0.5) is 10.1 Å². The van der Waals surface area contributed by atoms with Crippen LogP contribution < -0.4 is 4.90 Å². The first-order valence-corrected chi connectivity index (χ1v) is 9.01. The van der Waals surface area contributed by atoms with E-state index in [9.17, 15) is 14.0 Å². The number of carbonyl (C=O) groups is 2. The molecule has 1 aromatic rings. The Morgan fingerprint density at radius 2 is 1.91 bits per heavy atom. The molecule has 0 N–H and O–H groups in total. The fourth-order valence-electron chi connectivity index (χ4n) is 3.22. The van der Waals surface area contributed by atoms with Gasteiger partial charge in [-0.3, -0.25) is 14.5 Å². The Labute approximate surface area is 144 Å². The van der Waals surface area contributed by atoms with E-state index in [2.05, 4.69) is 0 Å². The number of carbonyl (C=O) groups excluding carboxylic acids is 2. The molecule has 2 saturated heterocycles. The van der Waals surface area contributed by atoms with Crippen molar-refractivity contribution in [2.45, 2.75) is 30.0 Å². The van der Waals surface area contributed by atoms with E-state index in [1.165, 1.54) is 12.1 Å². The van der Waals surface area contributed by atoms with Gasteiger partial charge in [0.25, 0.3) is 0 Å². The van der Waals surface area contributed by atoms with Crippen molar-refractivity contribution in [3.63, 3.8) is 0 Å². The number of anilines is 1. The Kier molecular flexibility index (Phi) is 4.56. The molecule has 124 valence electrons. The second-order valence-electron chi connectivity index (χ2n) is 5.88. The third kappa shape index (κ3) is 3.06. The zero-order valence-corrected chi connectivity index (χ0v) is 14.4. The van der Waals surface area contributed by atoms with Gasteiger partial charge in [-0.15, -0.1) is 23.4 Å². The summed E-state index contributed by atoms with van der Waals surface area (Å²) in [7, 11) is 0. The van der Waals surface area contributed by atoms with Crippen molar-refractivity contribution in [3.05, 3.63) is 30.1 Å². The highest BCUT2D eigenvalue weighted by Gasteiger charge is 2.49. The van der Waals surface area contributed by atoms with Crippen LogP contribution in [-0.2, 0) is 9.59 Å². The van der Waals surface area contributed by atoms with Gasteiger partial charge in [-0.05, 0) is 44.0 Å². The molecule has 2 fully saturated rings. The van der Waals surface area contributed by atoms with Crippen molar-refractivity contribution >= 4 is 40.9 Å². The van der Waals surface area contributed by atoms with Crippen molar-refractivity contribution in [2.75, 3.05) is 23.7 Å². The standard InChI is InChI=1S/C16H18ClFN2O2S/c1-11(17)15(22)19-8-6-16(7-9-19)20(14(21)10-23-16)13-4-2-12(18)3-5-13/h2-5,11H,6-10H2,1H3. The minimum Gasteiger partial charge on any atom is -0.341 e. The molecule has 1 spiro atoms. The summed E-state index contributed by atoms with van der Waals surface area (Å²) in [4.78, 5) is 27.6. The fraction of sp³-hybridized carbons (Fsp3) is 0.500. The first kappa shape index (κ1) is 16.6. The number of alkyl halides is 1. The zero-order chi connectivity index (χ0) is 16.6. The SMILES string of the molecule is CC(Cl)C(=O)N1CCC2(CC1)SCC(=O)N2c1ccc(F)cc1.